The fourth-order valence-electron chi connectivity index (χ4n) is 5.35. The van der Waals surface area contributed by atoms with Crippen molar-refractivity contribution >= 4 is 5.97 Å². The normalized spacial score (nSPS) is 11.7. The van der Waals surface area contributed by atoms with E-state index in [1.54, 1.807) is 0 Å². The molecule has 4 heteroatoms. The summed E-state index contributed by atoms with van der Waals surface area (Å²) in [5.74, 6) is 0.769. The molecule has 0 fully saturated rings. The van der Waals surface area contributed by atoms with Gasteiger partial charge in [-0.1, -0.05) is 169 Å². The summed E-state index contributed by atoms with van der Waals surface area (Å²) in [6.07, 6.45) is 32.4. The van der Waals surface area contributed by atoms with Gasteiger partial charge in [-0.05, 0) is 25.2 Å². The van der Waals surface area contributed by atoms with E-state index in [9.17, 15) is 4.79 Å². The number of rotatable bonds is 34. The average Bonchev–Trinajstić information content (AvgIpc) is 2.95. The van der Waals surface area contributed by atoms with Crippen molar-refractivity contribution in [2.45, 2.75) is 201 Å². The maximum absolute atomic E-state index is 12.5. The molecule has 0 atom stereocenters. The first-order valence-electron chi connectivity index (χ1n) is 18.4. The van der Waals surface area contributed by atoms with Crippen molar-refractivity contribution in [2.24, 2.45) is 5.92 Å². The Morgan fingerprint density at radius 1 is 0.488 bits per heavy atom. The second kappa shape index (κ2) is 33.9. The molecule has 0 bridgehead atoms. The lowest BCUT2D eigenvalue weighted by Crippen LogP contribution is -2.29. The molecule has 0 aliphatic heterocycles. The number of hydrogen-bond acceptors (Lipinski definition) is 4. The number of ether oxygens (including phenoxy) is 3. The Balaban J connectivity index is 3.91. The fourth-order valence-corrected chi connectivity index (χ4v) is 5.35. The van der Waals surface area contributed by atoms with Crippen LogP contribution in [0.5, 0.6) is 0 Å². The minimum Gasteiger partial charge on any atom is -0.457 e. The molecule has 0 aromatic rings. The Labute approximate surface area is 257 Å². The van der Waals surface area contributed by atoms with E-state index in [-0.39, 0.29) is 12.1 Å². The van der Waals surface area contributed by atoms with Crippen molar-refractivity contribution in [1.29, 1.82) is 0 Å². The molecule has 0 N–H and O–H groups in total. The van der Waals surface area contributed by atoms with Crippen molar-refractivity contribution in [2.75, 3.05) is 26.4 Å². The van der Waals surface area contributed by atoms with Crippen molar-refractivity contribution in [3.63, 3.8) is 0 Å². The lowest BCUT2D eigenvalue weighted by Gasteiger charge is -2.18. The molecule has 0 unspecified atom stereocenters. The van der Waals surface area contributed by atoms with E-state index in [0.29, 0.717) is 19.6 Å². The number of hydrogen-bond donors (Lipinski definition) is 0. The van der Waals surface area contributed by atoms with Gasteiger partial charge in [-0.15, -0.1) is 0 Å². The minimum atomic E-state index is -0.280. The van der Waals surface area contributed by atoms with E-state index in [1.807, 2.05) is 0 Å². The Bertz CT molecular complexity index is 487. The molecule has 0 aliphatic carbocycles. The molecular formula is C37H74O4. The van der Waals surface area contributed by atoms with Crippen LogP contribution in [0.2, 0.25) is 0 Å². The molecule has 0 spiro atoms. The highest BCUT2D eigenvalue weighted by Gasteiger charge is 2.15. The predicted molar refractivity (Wildman–Crippen MR) is 178 cm³/mol. The first kappa shape index (κ1) is 40.4. The van der Waals surface area contributed by atoms with Crippen molar-refractivity contribution < 1.29 is 19.0 Å². The number of carbonyl (C=O) groups is 1. The van der Waals surface area contributed by atoms with Gasteiger partial charge in [0.15, 0.2) is 0 Å². The van der Waals surface area contributed by atoms with Gasteiger partial charge in [0.2, 0.25) is 0 Å². The van der Waals surface area contributed by atoms with Crippen LogP contribution in [0, 0.1) is 5.92 Å². The van der Waals surface area contributed by atoms with Crippen LogP contribution in [0.1, 0.15) is 195 Å². The summed E-state index contributed by atoms with van der Waals surface area (Å²) >= 11 is 0. The summed E-state index contributed by atoms with van der Waals surface area (Å²) in [7, 11) is 0. The summed E-state index contributed by atoms with van der Waals surface area (Å²) in [6, 6.07) is 0. The Morgan fingerprint density at radius 2 is 0.854 bits per heavy atom. The summed E-state index contributed by atoms with van der Waals surface area (Å²) in [6.45, 7) is 11.5. The molecule has 0 rings (SSSR count). The third-order valence-electron chi connectivity index (χ3n) is 8.10. The molecule has 0 aromatic carbocycles. The van der Waals surface area contributed by atoms with Crippen LogP contribution in [0.25, 0.3) is 0 Å². The lowest BCUT2D eigenvalue weighted by atomic mass is 10.0. The molecule has 4 nitrogen and oxygen atoms in total. The fraction of sp³-hybridized carbons (Fsp3) is 0.973. The molecule has 0 aliphatic rings. The molecule has 0 radical (unpaired) electrons. The molecule has 0 saturated heterocycles. The van der Waals surface area contributed by atoms with Gasteiger partial charge in [-0.3, -0.25) is 4.79 Å². The summed E-state index contributed by atoms with van der Waals surface area (Å²) in [5, 5.41) is 0. The third kappa shape index (κ3) is 33.8. The van der Waals surface area contributed by atoms with Crippen LogP contribution in [0.15, 0.2) is 0 Å². The van der Waals surface area contributed by atoms with E-state index in [4.69, 9.17) is 14.2 Å². The maximum atomic E-state index is 12.5. The molecule has 0 heterocycles. The summed E-state index contributed by atoms with van der Waals surface area (Å²) in [5.41, 5.74) is 0. The monoisotopic (exact) mass is 583 g/mol. The van der Waals surface area contributed by atoms with Crippen LogP contribution in [-0.2, 0) is 19.0 Å². The zero-order valence-corrected chi connectivity index (χ0v) is 28.5. The Hall–Kier alpha value is -0.610. The van der Waals surface area contributed by atoms with Gasteiger partial charge in [-0.25, -0.2) is 0 Å². The minimum absolute atomic E-state index is 0.0882. The number of carbonyl (C=O) groups excluding carboxylic acids is 1. The zero-order chi connectivity index (χ0) is 30.1. The highest BCUT2D eigenvalue weighted by atomic mass is 16.6. The van der Waals surface area contributed by atoms with E-state index in [2.05, 4.69) is 27.7 Å². The first-order chi connectivity index (χ1) is 20.1. The molecule has 0 aromatic heterocycles. The third-order valence-corrected chi connectivity index (χ3v) is 8.10. The van der Waals surface area contributed by atoms with Crippen LogP contribution in [0.3, 0.4) is 0 Å². The Morgan fingerprint density at radius 3 is 1.27 bits per heavy atom. The van der Waals surface area contributed by atoms with Crippen LogP contribution in [-0.4, -0.2) is 38.5 Å². The van der Waals surface area contributed by atoms with Crippen LogP contribution >= 0.6 is 0 Å². The highest BCUT2D eigenvalue weighted by Crippen LogP contribution is 2.15. The predicted octanol–water partition coefficient (Wildman–Crippen LogP) is 11.8. The van der Waals surface area contributed by atoms with Gasteiger partial charge in [0, 0.05) is 19.6 Å². The zero-order valence-electron chi connectivity index (χ0n) is 28.5. The van der Waals surface area contributed by atoms with Crippen LogP contribution in [0.4, 0.5) is 0 Å². The molecule has 0 amide bonds. The molecular weight excluding hydrogens is 508 g/mol. The quantitative estimate of drug-likeness (QED) is 0.0559. The van der Waals surface area contributed by atoms with Gasteiger partial charge >= 0.3 is 5.97 Å². The molecule has 246 valence electrons. The van der Waals surface area contributed by atoms with E-state index in [0.717, 1.165) is 44.8 Å². The van der Waals surface area contributed by atoms with Crippen LogP contribution < -0.4 is 0 Å². The smallest absolute Gasteiger partial charge is 0.306 e. The van der Waals surface area contributed by atoms with Crippen molar-refractivity contribution in [1.82, 2.24) is 0 Å². The first-order valence-corrected chi connectivity index (χ1v) is 18.4. The van der Waals surface area contributed by atoms with E-state index in [1.165, 1.54) is 135 Å². The number of unbranched alkanes of at least 4 members (excludes halogenated alkanes) is 21. The van der Waals surface area contributed by atoms with Crippen molar-refractivity contribution in [3.05, 3.63) is 0 Å². The second-order valence-corrected chi connectivity index (χ2v) is 13.0. The topological polar surface area (TPSA) is 44.8 Å². The van der Waals surface area contributed by atoms with Gasteiger partial charge in [0.05, 0.1) is 13.2 Å². The average molecular weight is 583 g/mol. The lowest BCUT2D eigenvalue weighted by molar-refractivity contribution is -0.156. The molecule has 0 saturated carbocycles. The summed E-state index contributed by atoms with van der Waals surface area (Å²) in [4.78, 5) is 12.5. The number of esters is 1. The second-order valence-electron chi connectivity index (χ2n) is 13.0. The van der Waals surface area contributed by atoms with Gasteiger partial charge in [0.25, 0.3) is 0 Å². The van der Waals surface area contributed by atoms with E-state index >= 15 is 0 Å². The highest BCUT2D eigenvalue weighted by molar-refractivity contribution is 5.69. The largest absolute Gasteiger partial charge is 0.457 e. The van der Waals surface area contributed by atoms with E-state index < -0.39 is 0 Å². The Kier molecular flexibility index (Phi) is 33.4. The molecule has 41 heavy (non-hydrogen) atoms. The van der Waals surface area contributed by atoms with Gasteiger partial charge in [-0.2, -0.15) is 0 Å². The summed E-state index contributed by atoms with van der Waals surface area (Å²) < 4.78 is 17.6. The maximum Gasteiger partial charge on any atom is 0.306 e. The SMILES string of the molecule is CCCCCCCCOCC(COCCCCCCCC)OC(=O)CCCCCCCCCCCCCCC(C)C. The van der Waals surface area contributed by atoms with Crippen molar-refractivity contribution in [3.8, 4) is 0 Å². The standard InChI is InChI=1S/C37H74O4/c1-5-7-9-11-23-27-31-39-33-36(34-40-32-28-24-12-10-8-6-2)41-37(38)30-26-22-20-18-16-14-13-15-17-19-21-25-29-35(3)4/h35-36H,5-34H2,1-4H3. The van der Waals surface area contributed by atoms with Gasteiger partial charge in [0.1, 0.15) is 6.10 Å². The van der Waals surface area contributed by atoms with Gasteiger partial charge < -0.3 is 14.2 Å².